The lowest BCUT2D eigenvalue weighted by atomic mass is 10.1. The normalized spacial score (nSPS) is 11.3. The smallest absolute Gasteiger partial charge is 0.258 e. The van der Waals surface area contributed by atoms with Crippen LogP contribution < -0.4 is 5.32 Å². The Morgan fingerprint density at radius 3 is 2.58 bits per heavy atom. The summed E-state index contributed by atoms with van der Waals surface area (Å²) in [6.07, 6.45) is 2.64. The van der Waals surface area contributed by atoms with Gasteiger partial charge in [0, 0.05) is 11.8 Å². The first-order valence-corrected chi connectivity index (χ1v) is 9.77. The summed E-state index contributed by atoms with van der Waals surface area (Å²) < 4.78 is 25.2. The average molecular weight is 370 g/mol. The number of anilines is 1. The monoisotopic (exact) mass is 370 g/mol. The maximum absolute atomic E-state index is 12.4. The summed E-state index contributed by atoms with van der Waals surface area (Å²) in [4.78, 5) is 16.6. The molecule has 0 saturated carbocycles. The summed E-state index contributed by atoms with van der Waals surface area (Å²) in [7, 11) is -3.41. The van der Waals surface area contributed by atoms with E-state index in [1.807, 2.05) is 30.3 Å². The number of nitrogens with zero attached hydrogens (tertiary/aromatic N) is 3. The molecule has 1 aromatic heterocycles. The van der Waals surface area contributed by atoms with Crippen LogP contribution in [0.3, 0.4) is 0 Å². The van der Waals surface area contributed by atoms with Crippen LogP contribution in [-0.4, -0.2) is 35.3 Å². The Kier molecular flexibility index (Phi) is 4.85. The van der Waals surface area contributed by atoms with E-state index in [2.05, 4.69) is 15.4 Å². The van der Waals surface area contributed by atoms with Crippen LogP contribution in [0.15, 0.2) is 59.8 Å². The predicted molar refractivity (Wildman–Crippen MR) is 97.8 cm³/mol. The van der Waals surface area contributed by atoms with Crippen molar-refractivity contribution < 1.29 is 13.2 Å². The zero-order valence-corrected chi connectivity index (χ0v) is 15.2. The molecule has 2 aromatic carbocycles. The fourth-order valence-electron chi connectivity index (χ4n) is 2.51. The third-order valence-corrected chi connectivity index (χ3v) is 5.04. The first kappa shape index (κ1) is 17.8. The summed E-state index contributed by atoms with van der Waals surface area (Å²) in [5.74, 6) is -0.306. The molecule has 0 unspecified atom stereocenters. The number of carbonyl (C=O) groups excluding carboxylic acids is 1. The molecule has 0 aliphatic carbocycles. The van der Waals surface area contributed by atoms with Crippen LogP contribution >= 0.6 is 0 Å². The molecule has 1 N–H and O–H groups in total. The van der Waals surface area contributed by atoms with E-state index in [0.717, 1.165) is 11.8 Å². The minimum absolute atomic E-state index is 0.132. The molecule has 1 amide bonds. The number of nitrogens with one attached hydrogen (secondary N) is 1. The van der Waals surface area contributed by atoms with Crippen LogP contribution in [0.4, 0.5) is 5.95 Å². The minimum atomic E-state index is -3.41. The van der Waals surface area contributed by atoms with Gasteiger partial charge in [0.1, 0.15) is 6.33 Å². The van der Waals surface area contributed by atoms with Gasteiger partial charge in [0.2, 0.25) is 5.95 Å². The largest absolute Gasteiger partial charge is 0.289 e. The van der Waals surface area contributed by atoms with Crippen molar-refractivity contribution in [1.82, 2.24) is 14.8 Å². The summed E-state index contributed by atoms with van der Waals surface area (Å²) in [5, 5.41) is 6.80. The van der Waals surface area contributed by atoms with Gasteiger partial charge in [-0.25, -0.2) is 18.1 Å². The van der Waals surface area contributed by atoms with Gasteiger partial charge in [-0.1, -0.05) is 36.4 Å². The van der Waals surface area contributed by atoms with E-state index < -0.39 is 15.7 Å². The molecule has 0 spiro atoms. The number of benzene rings is 2. The summed E-state index contributed by atoms with van der Waals surface area (Å²) >= 11 is 0. The van der Waals surface area contributed by atoms with Gasteiger partial charge < -0.3 is 0 Å². The lowest BCUT2D eigenvalue weighted by Gasteiger charge is -2.07. The van der Waals surface area contributed by atoms with E-state index in [0.29, 0.717) is 12.1 Å². The SMILES string of the molecule is Cc1ccc(C(=O)Nc2ncn(Cc3ccccc3)n2)cc1S(C)(=O)=O. The van der Waals surface area contributed by atoms with Gasteiger partial charge in [-0.05, 0) is 30.2 Å². The first-order chi connectivity index (χ1) is 12.3. The molecule has 0 bridgehead atoms. The molecule has 7 nitrogen and oxygen atoms in total. The second-order valence-corrected chi connectivity index (χ2v) is 7.94. The van der Waals surface area contributed by atoms with Crippen molar-refractivity contribution in [2.24, 2.45) is 0 Å². The van der Waals surface area contributed by atoms with Gasteiger partial charge in [0.15, 0.2) is 9.84 Å². The van der Waals surface area contributed by atoms with Crippen molar-refractivity contribution >= 4 is 21.7 Å². The van der Waals surface area contributed by atoms with Gasteiger partial charge in [0.25, 0.3) is 5.91 Å². The van der Waals surface area contributed by atoms with Crippen LogP contribution in [0.2, 0.25) is 0 Å². The zero-order chi connectivity index (χ0) is 18.7. The standard InChI is InChI=1S/C18H18N4O3S/c1-13-8-9-15(10-16(13)26(2,24)25)17(23)20-18-19-12-22(21-18)11-14-6-4-3-5-7-14/h3-10,12H,11H2,1-2H3,(H,20,21,23). The maximum atomic E-state index is 12.4. The molecule has 0 saturated heterocycles. The fraction of sp³-hybridized carbons (Fsp3) is 0.167. The highest BCUT2D eigenvalue weighted by molar-refractivity contribution is 7.90. The lowest BCUT2D eigenvalue weighted by Crippen LogP contribution is -2.14. The van der Waals surface area contributed by atoms with Crippen molar-refractivity contribution in [2.45, 2.75) is 18.4 Å². The summed E-state index contributed by atoms with van der Waals surface area (Å²) in [6, 6.07) is 14.3. The van der Waals surface area contributed by atoms with E-state index >= 15 is 0 Å². The average Bonchev–Trinajstić information content (AvgIpc) is 3.02. The van der Waals surface area contributed by atoms with Gasteiger partial charge in [0.05, 0.1) is 11.4 Å². The first-order valence-electron chi connectivity index (χ1n) is 7.88. The highest BCUT2D eigenvalue weighted by Crippen LogP contribution is 2.17. The summed E-state index contributed by atoms with van der Waals surface area (Å²) in [6.45, 7) is 2.22. The van der Waals surface area contributed by atoms with E-state index in [-0.39, 0.29) is 16.4 Å². The van der Waals surface area contributed by atoms with Gasteiger partial charge in [-0.3, -0.25) is 10.1 Å². The van der Waals surface area contributed by atoms with Crippen molar-refractivity contribution in [2.75, 3.05) is 11.6 Å². The van der Waals surface area contributed by atoms with Crippen molar-refractivity contribution in [3.05, 3.63) is 71.5 Å². The van der Waals surface area contributed by atoms with E-state index in [1.54, 1.807) is 23.7 Å². The Labute approximate surface area is 151 Å². The van der Waals surface area contributed by atoms with E-state index in [4.69, 9.17) is 0 Å². The fourth-order valence-corrected chi connectivity index (χ4v) is 3.51. The Morgan fingerprint density at radius 1 is 1.15 bits per heavy atom. The Hall–Kier alpha value is -3.00. The quantitative estimate of drug-likeness (QED) is 0.744. The molecule has 26 heavy (non-hydrogen) atoms. The van der Waals surface area contributed by atoms with Crippen LogP contribution in [0, 0.1) is 6.92 Å². The summed E-state index contributed by atoms with van der Waals surface area (Å²) in [5.41, 5.74) is 1.89. The maximum Gasteiger partial charge on any atom is 0.258 e. The highest BCUT2D eigenvalue weighted by atomic mass is 32.2. The number of hydrogen-bond donors (Lipinski definition) is 1. The Morgan fingerprint density at radius 2 is 1.88 bits per heavy atom. The number of aromatic nitrogens is 3. The predicted octanol–water partition coefficient (Wildman–Crippen LogP) is 2.29. The number of aryl methyl sites for hydroxylation is 1. The Balaban J connectivity index is 1.75. The van der Waals surface area contributed by atoms with Crippen molar-refractivity contribution in [1.29, 1.82) is 0 Å². The molecule has 3 aromatic rings. The third kappa shape index (κ3) is 4.15. The second-order valence-electron chi connectivity index (χ2n) is 5.96. The second kappa shape index (κ2) is 7.09. The molecular formula is C18H18N4O3S. The topological polar surface area (TPSA) is 93.9 Å². The molecule has 0 aliphatic heterocycles. The van der Waals surface area contributed by atoms with E-state index in [1.165, 1.54) is 12.4 Å². The van der Waals surface area contributed by atoms with Crippen LogP contribution in [-0.2, 0) is 16.4 Å². The molecule has 0 fully saturated rings. The molecule has 3 rings (SSSR count). The number of sulfone groups is 1. The number of rotatable bonds is 5. The van der Waals surface area contributed by atoms with Gasteiger partial charge in [-0.2, -0.15) is 0 Å². The molecule has 0 radical (unpaired) electrons. The zero-order valence-electron chi connectivity index (χ0n) is 14.4. The van der Waals surface area contributed by atoms with Gasteiger partial charge in [-0.15, -0.1) is 5.10 Å². The molecule has 134 valence electrons. The third-order valence-electron chi connectivity index (χ3n) is 3.80. The van der Waals surface area contributed by atoms with Gasteiger partial charge >= 0.3 is 0 Å². The Bertz CT molecular complexity index is 1040. The number of amides is 1. The highest BCUT2D eigenvalue weighted by Gasteiger charge is 2.15. The van der Waals surface area contributed by atoms with Crippen LogP contribution in [0.1, 0.15) is 21.5 Å². The van der Waals surface area contributed by atoms with Crippen molar-refractivity contribution in [3.63, 3.8) is 0 Å². The lowest BCUT2D eigenvalue weighted by molar-refractivity contribution is 0.102. The molecule has 8 heteroatoms. The van der Waals surface area contributed by atoms with Crippen molar-refractivity contribution in [3.8, 4) is 0 Å². The molecule has 1 heterocycles. The molecule has 0 atom stereocenters. The minimum Gasteiger partial charge on any atom is -0.289 e. The molecule has 0 aliphatic rings. The van der Waals surface area contributed by atoms with Crippen LogP contribution in [0.5, 0.6) is 0 Å². The molecular weight excluding hydrogens is 352 g/mol. The van der Waals surface area contributed by atoms with E-state index in [9.17, 15) is 13.2 Å². The number of hydrogen-bond acceptors (Lipinski definition) is 5. The number of carbonyl (C=O) groups is 1. The van der Waals surface area contributed by atoms with Crippen LogP contribution in [0.25, 0.3) is 0 Å².